The second-order valence-electron chi connectivity index (χ2n) is 8.95. The summed E-state index contributed by atoms with van der Waals surface area (Å²) < 4.78 is 12.3. The Hall–Kier alpha value is -1.26. The van der Waals surface area contributed by atoms with Crippen molar-refractivity contribution in [1.82, 2.24) is 4.90 Å². The quantitative estimate of drug-likeness (QED) is 0.696. The number of aliphatic hydroxyl groups is 1. The molecule has 1 aliphatic heterocycles. The first kappa shape index (κ1) is 19.1. The molecule has 1 N–H and O–H groups in total. The predicted octanol–water partition coefficient (Wildman–Crippen LogP) is 4.14. The number of likely N-dealkylation sites (tertiary alicyclic amines) is 1. The fraction of sp³-hybridized carbons (Fsp3) is 0.739. The van der Waals surface area contributed by atoms with Crippen LogP contribution in [0.4, 0.5) is 0 Å². The van der Waals surface area contributed by atoms with Crippen LogP contribution in [-0.4, -0.2) is 49.0 Å². The van der Waals surface area contributed by atoms with Gasteiger partial charge in [-0.2, -0.15) is 0 Å². The SMILES string of the molecule is CCCCOc1cc([C@@]23CC[C@H](O)C[C@@H]2N(C)CC3)ccc1OCC1CC1. The van der Waals surface area contributed by atoms with Crippen LogP contribution in [0.3, 0.4) is 0 Å². The molecule has 3 fully saturated rings. The molecule has 3 aliphatic rings. The number of fused-ring (bicyclic) bond motifs is 1. The van der Waals surface area contributed by atoms with Crippen LogP contribution in [0.25, 0.3) is 0 Å². The molecule has 1 heterocycles. The largest absolute Gasteiger partial charge is 0.490 e. The third kappa shape index (κ3) is 3.97. The van der Waals surface area contributed by atoms with Gasteiger partial charge in [0.2, 0.25) is 0 Å². The molecule has 2 saturated carbocycles. The first-order valence-electron chi connectivity index (χ1n) is 10.9. The van der Waals surface area contributed by atoms with Gasteiger partial charge in [-0.15, -0.1) is 0 Å². The first-order valence-corrected chi connectivity index (χ1v) is 10.9. The van der Waals surface area contributed by atoms with E-state index < -0.39 is 0 Å². The van der Waals surface area contributed by atoms with Gasteiger partial charge in [0.15, 0.2) is 11.5 Å². The number of hydrogen-bond donors (Lipinski definition) is 1. The topological polar surface area (TPSA) is 41.9 Å². The van der Waals surface area contributed by atoms with Crippen molar-refractivity contribution < 1.29 is 14.6 Å². The number of unbranched alkanes of at least 4 members (excludes halogenated alkanes) is 1. The normalized spacial score (nSPS) is 30.9. The van der Waals surface area contributed by atoms with Crippen molar-refractivity contribution in [3.8, 4) is 11.5 Å². The number of benzene rings is 1. The maximum absolute atomic E-state index is 10.2. The highest BCUT2D eigenvalue weighted by Gasteiger charge is 2.50. The summed E-state index contributed by atoms with van der Waals surface area (Å²) in [4.78, 5) is 2.44. The van der Waals surface area contributed by atoms with E-state index in [4.69, 9.17) is 9.47 Å². The van der Waals surface area contributed by atoms with Crippen molar-refractivity contribution in [2.75, 3.05) is 26.8 Å². The number of likely N-dealkylation sites (N-methyl/N-ethyl adjacent to an activating group) is 1. The Kier molecular flexibility index (Phi) is 5.65. The minimum atomic E-state index is -0.162. The summed E-state index contributed by atoms with van der Waals surface area (Å²) in [6.45, 7) is 4.85. The highest BCUT2D eigenvalue weighted by atomic mass is 16.5. The Bertz CT molecular complexity index is 645. The van der Waals surface area contributed by atoms with Crippen LogP contribution in [0.2, 0.25) is 0 Å². The second-order valence-corrected chi connectivity index (χ2v) is 8.95. The molecule has 0 unspecified atom stereocenters. The summed E-state index contributed by atoms with van der Waals surface area (Å²) >= 11 is 0. The molecule has 0 bridgehead atoms. The molecule has 0 amide bonds. The lowest BCUT2D eigenvalue weighted by Crippen LogP contribution is -2.47. The summed E-state index contributed by atoms with van der Waals surface area (Å²) in [6.07, 6.45) is 8.62. The third-order valence-electron chi connectivity index (χ3n) is 6.95. The Labute approximate surface area is 163 Å². The molecule has 150 valence electrons. The van der Waals surface area contributed by atoms with Crippen molar-refractivity contribution in [3.63, 3.8) is 0 Å². The van der Waals surface area contributed by atoms with E-state index in [1.807, 2.05) is 0 Å². The van der Waals surface area contributed by atoms with Crippen LogP contribution >= 0.6 is 0 Å². The number of nitrogens with zero attached hydrogens (tertiary/aromatic N) is 1. The van der Waals surface area contributed by atoms with Gasteiger partial charge in [0.05, 0.1) is 19.3 Å². The molecule has 0 spiro atoms. The molecule has 0 radical (unpaired) electrons. The lowest BCUT2D eigenvalue weighted by atomic mass is 9.65. The monoisotopic (exact) mass is 373 g/mol. The summed E-state index contributed by atoms with van der Waals surface area (Å²) in [6, 6.07) is 7.07. The molecule has 4 heteroatoms. The predicted molar refractivity (Wildman–Crippen MR) is 108 cm³/mol. The molecular weight excluding hydrogens is 338 g/mol. The van der Waals surface area contributed by atoms with E-state index in [9.17, 15) is 5.11 Å². The fourth-order valence-electron chi connectivity index (χ4n) is 4.97. The maximum atomic E-state index is 10.2. The van der Waals surface area contributed by atoms with E-state index >= 15 is 0 Å². The molecule has 1 aromatic carbocycles. The maximum Gasteiger partial charge on any atom is 0.161 e. The van der Waals surface area contributed by atoms with Gasteiger partial charge < -0.3 is 19.5 Å². The fourth-order valence-corrected chi connectivity index (χ4v) is 4.97. The van der Waals surface area contributed by atoms with Crippen molar-refractivity contribution in [1.29, 1.82) is 0 Å². The zero-order valence-electron chi connectivity index (χ0n) is 17.0. The Morgan fingerprint density at radius 3 is 2.78 bits per heavy atom. The Morgan fingerprint density at radius 2 is 2.00 bits per heavy atom. The molecule has 3 atom stereocenters. The van der Waals surface area contributed by atoms with E-state index in [0.717, 1.165) is 75.7 Å². The third-order valence-corrected chi connectivity index (χ3v) is 6.95. The highest BCUT2D eigenvalue weighted by molar-refractivity contribution is 5.46. The molecule has 4 nitrogen and oxygen atoms in total. The number of aliphatic hydroxyl groups excluding tert-OH is 1. The van der Waals surface area contributed by atoms with Crippen molar-refractivity contribution in [2.24, 2.45) is 5.92 Å². The van der Waals surface area contributed by atoms with Crippen LogP contribution in [0, 0.1) is 5.92 Å². The molecule has 4 rings (SSSR count). The van der Waals surface area contributed by atoms with Crippen LogP contribution < -0.4 is 9.47 Å². The molecule has 0 aromatic heterocycles. The van der Waals surface area contributed by atoms with Gasteiger partial charge in [-0.25, -0.2) is 0 Å². The van der Waals surface area contributed by atoms with Gasteiger partial charge in [0.1, 0.15) is 0 Å². The van der Waals surface area contributed by atoms with Crippen LogP contribution in [0.1, 0.15) is 63.9 Å². The van der Waals surface area contributed by atoms with Gasteiger partial charge in [0.25, 0.3) is 0 Å². The van der Waals surface area contributed by atoms with Crippen LogP contribution in [-0.2, 0) is 5.41 Å². The van der Waals surface area contributed by atoms with Gasteiger partial charge >= 0.3 is 0 Å². The Balaban J connectivity index is 1.60. The number of ether oxygens (including phenoxy) is 2. The van der Waals surface area contributed by atoms with Crippen molar-refractivity contribution in [2.45, 2.75) is 75.9 Å². The van der Waals surface area contributed by atoms with Crippen molar-refractivity contribution in [3.05, 3.63) is 23.8 Å². The molecule has 2 aliphatic carbocycles. The lowest BCUT2D eigenvalue weighted by Gasteiger charge is -2.43. The summed E-state index contributed by atoms with van der Waals surface area (Å²) in [5.74, 6) is 2.55. The number of hydrogen-bond acceptors (Lipinski definition) is 4. The van der Waals surface area contributed by atoms with E-state index in [2.05, 4.69) is 37.1 Å². The number of rotatable bonds is 8. The average molecular weight is 374 g/mol. The highest BCUT2D eigenvalue weighted by Crippen LogP contribution is 2.50. The van der Waals surface area contributed by atoms with Gasteiger partial charge in [-0.05, 0) is 82.2 Å². The molecule has 1 aromatic rings. The lowest BCUT2D eigenvalue weighted by molar-refractivity contribution is 0.0566. The second kappa shape index (κ2) is 8.00. The first-order chi connectivity index (χ1) is 13.1. The van der Waals surface area contributed by atoms with Crippen LogP contribution in [0.15, 0.2) is 18.2 Å². The van der Waals surface area contributed by atoms with Crippen molar-refractivity contribution >= 4 is 0 Å². The van der Waals surface area contributed by atoms with Gasteiger partial charge in [-0.3, -0.25) is 0 Å². The summed E-state index contributed by atoms with van der Waals surface area (Å²) in [5.41, 5.74) is 1.51. The zero-order chi connectivity index (χ0) is 18.9. The minimum absolute atomic E-state index is 0.145. The molecule has 27 heavy (non-hydrogen) atoms. The van der Waals surface area contributed by atoms with Gasteiger partial charge in [0, 0.05) is 11.5 Å². The minimum Gasteiger partial charge on any atom is -0.490 e. The summed E-state index contributed by atoms with van der Waals surface area (Å²) in [5, 5.41) is 10.2. The molecule has 1 saturated heterocycles. The average Bonchev–Trinajstić information content (AvgIpc) is 3.45. The Morgan fingerprint density at radius 1 is 1.15 bits per heavy atom. The zero-order valence-corrected chi connectivity index (χ0v) is 17.0. The van der Waals surface area contributed by atoms with E-state index in [1.54, 1.807) is 0 Å². The standard InChI is InChI=1S/C23H35NO3/c1-3-4-13-26-21-14-18(7-8-20(21)27-16-17-5-6-17)23-10-9-19(25)15-22(23)24(2)12-11-23/h7-8,14,17,19,22,25H,3-6,9-13,15-16H2,1-2H3/t19-,22-,23-/m0/s1. The molecular formula is C23H35NO3. The van der Waals surface area contributed by atoms with E-state index in [1.165, 1.54) is 18.4 Å². The summed E-state index contributed by atoms with van der Waals surface area (Å²) in [7, 11) is 2.20. The smallest absolute Gasteiger partial charge is 0.161 e. The van der Waals surface area contributed by atoms with Crippen LogP contribution in [0.5, 0.6) is 11.5 Å². The van der Waals surface area contributed by atoms with Gasteiger partial charge in [-0.1, -0.05) is 19.4 Å². The van der Waals surface area contributed by atoms with E-state index in [-0.39, 0.29) is 11.5 Å². The van der Waals surface area contributed by atoms with E-state index in [0.29, 0.717) is 6.04 Å².